The number of benzene rings is 1. The number of pyridine rings is 2. The molecule has 1 saturated heterocycles. The van der Waals surface area contributed by atoms with Crippen LogP contribution < -0.4 is 10.2 Å². The third-order valence-corrected chi connectivity index (χ3v) is 7.82. The Morgan fingerprint density at radius 3 is 2.35 bits per heavy atom. The summed E-state index contributed by atoms with van der Waals surface area (Å²) in [6, 6.07) is 8.67. The molecule has 43 heavy (non-hydrogen) atoms. The minimum absolute atomic E-state index is 0.106. The largest absolute Gasteiger partial charge is 0.417 e. The number of aromatic nitrogens is 4. The lowest BCUT2D eigenvalue weighted by Gasteiger charge is -2.36. The van der Waals surface area contributed by atoms with E-state index in [-0.39, 0.29) is 64.8 Å². The van der Waals surface area contributed by atoms with E-state index in [2.05, 4.69) is 36.3 Å². The fourth-order valence-electron chi connectivity index (χ4n) is 4.57. The maximum absolute atomic E-state index is 13.7. The molecule has 0 radical (unpaired) electrons. The molecule has 0 bridgehead atoms. The molecule has 0 saturated carbocycles. The Morgan fingerprint density at radius 1 is 0.977 bits per heavy atom. The molecule has 4 heterocycles. The number of alkyl halides is 3. The molecule has 9 nitrogen and oxygen atoms in total. The quantitative estimate of drug-likeness (QED) is 0.241. The summed E-state index contributed by atoms with van der Waals surface area (Å²) in [5.74, 6) is -0.532. The molecule has 16 heteroatoms. The van der Waals surface area contributed by atoms with Gasteiger partial charge in [-0.05, 0) is 58.7 Å². The van der Waals surface area contributed by atoms with E-state index in [1.54, 1.807) is 34.9 Å². The molecule has 1 aromatic carbocycles. The van der Waals surface area contributed by atoms with Crippen molar-refractivity contribution in [3.05, 3.63) is 90.8 Å². The smallest absolute Gasteiger partial charge is 0.352 e. The Bertz CT molecular complexity index is 1730. The third-order valence-electron chi connectivity index (χ3n) is 6.64. The van der Waals surface area contributed by atoms with E-state index in [0.717, 1.165) is 12.3 Å². The Hall–Kier alpha value is -3.39. The fourth-order valence-corrected chi connectivity index (χ4v) is 5.71. The maximum Gasteiger partial charge on any atom is 0.417 e. The van der Waals surface area contributed by atoms with Gasteiger partial charge in [-0.2, -0.15) is 18.3 Å². The molecule has 4 aromatic rings. The van der Waals surface area contributed by atoms with Gasteiger partial charge < -0.3 is 15.1 Å². The van der Waals surface area contributed by atoms with Crippen molar-refractivity contribution in [2.75, 3.05) is 36.4 Å². The molecule has 3 aromatic heterocycles. The zero-order chi connectivity index (χ0) is 31.1. The minimum Gasteiger partial charge on any atom is -0.352 e. The molecular formula is C27H20BrCl3F3N7O2. The summed E-state index contributed by atoms with van der Waals surface area (Å²) in [5.41, 5.74) is 0.127. The molecule has 1 aliphatic rings. The number of carbonyl (C=O) groups excluding carboxylic acids is 2. The number of halogens is 7. The van der Waals surface area contributed by atoms with Crippen molar-refractivity contribution >= 4 is 74.1 Å². The topological polar surface area (TPSA) is 96.3 Å². The van der Waals surface area contributed by atoms with E-state index in [1.165, 1.54) is 23.0 Å². The first-order valence-electron chi connectivity index (χ1n) is 12.6. The van der Waals surface area contributed by atoms with Crippen molar-refractivity contribution < 1.29 is 22.8 Å². The summed E-state index contributed by atoms with van der Waals surface area (Å²) in [4.78, 5) is 38.6. The molecule has 224 valence electrons. The van der Waals surface area contributed by atoms with Gasteiger partial charge in [0.1, 0.15) is 16.1 Å². The second kappa shape index (κ2) is 12.3. The summed E-state index contributed by atoms with van der Waals surface area (Å²) < 4.78 is 40.7. The highest BCUT2D eigenvalue weighted by molar-refractivity contribution is 9.10. The Morgan fingerprint density at radius 2 is 1.70 bits per heavy atom. The molecular weight excluding hydrogens is 698 g/mol. The van der Waals surface area contributed by atoms with Gasteiger partial charge in [0.05, 0.1) is 26.9 Å². The standard InChI is InChI=1S/C27H20BrCl3F3N7O2/c1-14-9-16(29)11-17(22(14)37-25(42)20-12-21(28)38-41(20)24-18(30)3-2-4-35-24)26(43)40-7-5-39(6-8-40)23-19(31)10-15(13-36-23)27(32,33)34/h2-4,9-13H,5-8H2,1H3,(H,37,42). The SMILES string of the molecule is Cc1cc(Cl)cc(C(=O)N2CCN(c3ncc(C(F)(F)F)cc3Cl)CC2)c1NC(=O)c1cc(Br)nn1-c1ncccc1Cl. The third kappa shape index (κ3) is 6.59. The zero-order valence-electron chi connectivity index (χ0n) is 22.1. The first kappa shape index (κ1) is 31.0. The summed E-state index contributed by atoms with van der Waals surface area (Å²) in [6.45, 7) is 2.67. The maximum atomic E-state index is 13.7. The molecule has 2 amide bonds. The van der Waals surface area contributed by atoms with Crippen LogP contribution in [0.5, 0.6) is 0 Å². The number of nitrogens with one attached hydrogen (secondary N) is 1. The lowest BCUT2D eigenvalue weighted by Crippen LogP contribution is -2.49. The van der Waals surface area contributed by atoms with Gasteiger partial charge in [-0.1, -0.05) is 34.8 Å². The van der Waals surface area contributed by atoms with Gasteiger partial charge in [0.25, 0.3) is 11.8 Å². The van der Waals surface area contributed by atoms with Crippen molar-refractivity contribution in [3.8, 4) is 5.82 Å². The van der Waals surface area contributed by atoms with Gasteiger partial charge >= 0.3 is 6.18 Å². The van der Waals surface area contributed by atoms with Gasteiger partial charge in [-0.15, -0.1) is 0 Å². The summed E-state index contributed by atoms with van der Waals surface area (Å²) in [5, 5.41) is 7.54. The summed E-state index contributed by atoms with van der Waals surface area (Å²) in [7, 11) is 0. The molecule has 5 rings (SSSR count). The average Bonchev–Trinajstić information content (AvgIpc) is 3.35. The minimum atomic E-state index is -4.57. The van der Waals surface area contributed by atoms with Crippen LogP contribution in [0.1, 0.15) is 32.0 Å². The van der Waals surface area contributed by atoms with Crippen LogP contribution in [0.2, 0.25) is 15.1 Å². The second-order valence-corrected chi connectivity index (χ2v) is 11.5. The van der Waals surface area contributed by atoms with E-state index in [9.17, 15) is 22.8 Å². The molecule has 1 aliphatic heterocycles. The molecule has 0 spiro atoms. The molecule has 0 unspecified atom stereocenters. The first-order chi connectivity index (χ1) is 20.3. The van der Waals surface area contributed by atoms with E-state index in [1.807, 2.05) is 0 Å². The lowest BCUT2D eigenvalue weighted by atomic mass is 10.1. The lowest BCUT2D eigenvalue weighted by molar-refractivity contribution is -0.137. The fraction of sp³-hybridized carbons (Fsp3) is 0.222. The number of hydrogen-bond donors (Lipinski definition) is 1. The van der Waals surface area contributed by atoms with Crippen LogP contribution in [0.15, 0.2) is 53.4 Å². The molecule has 1 N–H and O–H groups in total. The monoisotopic (exact) mass is 715 g/mol. The van der Waals surface area contributed by atoms with Gasteiger partial charge in [0.15, 0.2) is 5.82 Å². The number of amides is 2. The van der Waals surface area contributed by atoms with Crippen molar-refractivity contribution in [2.24, 2.45) is 0 Å². The van der Waals surface area contributed by atoms with Crippen molar-refractivity contribution in [3.63, 3.8) is 0 Å². The van der Waals surface area contributed by atoms with Crippen LogP contribution in [0, 0.1) is 6.92 Å². The van der Waals surface area contributed by atoms with E-state index < -0.39 is 23.6 Å². The number of carbonyl (C=O) groups is 2. The highest BCUT2D eigenvalue weighted by Gasteiger charge is 2.33. The normalized spacial score (nSPS) is 13.8. The van der Waals surface area contributed by atoms with E-state index >= 15 is 0 Å². The second-order valence-electron chi connectivity index (χ2n) is 9.48. The Labute approximate surface area is 266 Å². The molecule has 0 aliphatic carbocycles. The highest BCUT2D eigenvalue weighted by Crippen LogP contribution is 2.34. The van der Waals surface area contributed by atoms with Crippen molar-refractivity contribution in [1.82, 2.24) is 24.6 Å². The predicted octanol–water partition coefficient (Wildman–Crippen LogP) is 6.93. The van der Waals surface area contributed by atoms with E-state index in [4.69, 9.17) is 34.8 Å². The average molecular weight is 718 g/mol. The number of anilines is 2. The number of aryl methyl sites for hydroxylation is 1. The van der Waals surface area contributed by atoms with Crippen molar-refractivity contribution in [1.29, 1.82) is 0 Å². The molecule has 0 atom stereocenters. The van der Waals surface area contributed by atoms with Crippen LogP contribution in [0.25, 0.3) is 5.82 Å². The highest BCUT2D eigenvalue weighted by atomic mass is 79.9. The van der Waals surface area contributed by atoms with Gasteiger partial charge in [-0.25, -0.2) is 14.6 Å². The number of piperazine rings is 1. The predicted molar refractivity (Wildman–Crippen MR) is 161 cm³/mol. The number of nitrogens with zero attached hydrogens (tertiary/aromatic N) is 6. The van der Waals surface area contributed by atoms with Gasteiger partial charge in [0.2, 0.25) is 0 Å². The first-order valence-corrected chi connectivity index (χ1v) is 14.5. The van der Waals surface area contributed by atoms with Gasteiger partial charge in [-0.3, -0.25) is 9.59 Å². The zero-order valence-corrected chi connectivity index (χ0v) is 25.9. The number of hydrogen-bond acceptors (Lipinski definition) is 6. The van der Waals surface area contributed by atoms with Crippen LogP contribution in [0.4, 0.5) is 24.7 Å². The van der Waals surface area contributed by atoms with E-state index in [0.29, 0.717) is 15.2 Å². The van der Waals surface area contributed by atoms with Crippen LogP contribution in [-0.2, 0) is 6.18 Å². The van der Waals surface area contributed by atoms with Crippen LogP contribution >= 0.6 is 50.7 Å². The summed E-state index contributed by atoms with van der Waals surface area (Å²) in [6.07, 6.45) is -2.32. The Balaban J connectivity index is 1.37. The van der Waals surface area contributed by atoms with Gasteiger partial charge in [0, 0.05) is 49.7 Å². The Kier molecular flexibility index (Phi) is 8.89. The van der Waals surface area contributed by atoms with Crippen LogP contribution in [-0.4, -0.2) is 62.6 Å². The summed E-state index contributed by atoms with van der Waals surface area (Å²) >= 11 is 22.0. The number of rotatable bonds is 5. The van der Waals surface area contributed by atoms with Crippen LogP contribution in [0.3, 0.4) is 0 Å². The van der Waals surface area contributed by atoms with Crippen molar-refractivity contribution in [2.45, 2.75) is 13.1 Å². The molecule has 1 fully saturated rings.